The van der Waals surface area contributed by atoms with Crippen LogP contribution >= 0.6 is 0 Å². The topological polar surface area (TPSA) is 42.0 Å². The summed E-state index contributed by atoms with van der Waals surface area (Å²) in [6.45, 7) is 11.8. The molecule has 0 heterocycles. The van der Waals surface area contributed by atoms with Gasteiger partial charge in [0.15, 0.2) is 0 Å². The molecular weight excluding hydrogens is 532 g/mol. The monoisotopic (exact) mass is 611 g/mol. The number of carbonyl (C=O) groups is 1. The molecule has 0 aromatic heterocycles. The van der Waals surface area contributed by atoms with Gasteiger partial charge in [0, 0.05) is 46.6 Å². The van der Waals surface area contributed by atoms with Crippen molar-refractivity contribution in [3.63, 3.8) is 0 Å². The van der Waals surface area contributed by atoms with E-state index < -0.39 is 0 Å². The van der Waals surface area contributed by atoms with Gasteiger partial charge < -0.3 is 9.64 Å². The molecular formula is C38H78N2O3. The molecule has 43 heavy (non-hydrogen) atoms. The quantitative estimate of drug-likeness (QED) is 0.0537. The van der Waals surface area contributed by atoms with Crippen molar-refractivity contribution in [3.8, 4) is 0 Å². The van der Waals surface area contributed by atoms with Crippen molar-refractivity contribution in [3.05, 3.63) is 0 Å². The fourth-order valence-electron chi connectivity index (χ4n) is 5.67. The fourth-order valence-corrected chi connectivity index (χ4v) is 5.67. The molecule has 0 aliphatic heterocycles. The molecule has 0 fully saturated rings. The van der Waals surface area contributed by atoms with Crippen molar-refractivity contribution < 1.29 is 14.4 Å². The SMILES string of the molecule is CCCCCCCCCCCCCCN(CCCCCCCCCCCCCC)C(=O)CCN(C)OCCC(C)(C)OC. The maximum atomic E-state index is 13.2. The number of rotatable bonds is 34. The zero-order chi connectivity index (χ0) is 31.9. The molecule has 5 heteroatoms. The Hall–Kier alpha value is -0.650. The molecule has 0 saturated heterocycles. The number of amides is 1. The summed E-state index contributed by atoms with van der Waals surface area (Å²) in [6.07, 6.45) is 33.8. The lowest BCUT2D eigenvalue weighted by Crippen LogP contribution is -2.35. The van der Waals surface area contributed by atoms with E-state index in [9.17, 15) is 4.79 Å². The molecule has 0 radical (unpaired) electrons. The minimum atomic E-state index is -0.185. The van der Waals surface area contributed by atoms with Crippen molar-refractivity contribution in [1.82, 2.24) is 9.96 Å². The Labute approximate surface area is 270 Å². The van der Waals surface area contributed by atoms with Crippen LogP contribution in [0, 0.1) is 0 Å². The van der Waals surface area contributed by atoms with Crippen LogP contribution in [0.25, 0.3) is 0 Å². The van der Waals surface area contributed by atoms with Gasteiger partial charge >= 0.3 is 0 Å². The number of methoxy groups -OCH3 is 1. The maximum absolute atomic E-state index is 13.2. The third kappa shape index (κ3) is 29.8. The second-order valence-corrected chi connectivity index (χ2v) is 13.8. The summed E-state index contributed by atoms with van der Waals surface area (Å²) in [7, 11) is 3.68. The average molecular weight is 611 g/mol. The predicted molar refractivity (Wildman–Crippen MR) is 188 cm³/mol. The third-order valence-corrected chi connectivity index (χ3v) is 9.12. The van der Waals surface area contributed by atoms with Crippen LogP contribution in [0.1, 0.15) is 195 Å². The number of unbranched alkanes of at least 4 members (excludes halogenated alkanes) is 22. The lowest BCUT2D eigenvalue weighted by Gasteiger charge is -2.26. The van der Waals surface area contributed by atoms with Crippen LogP contribution in [-0.4, -0.2) is 61.9 Å². The standard InChI is InChI=1S/C38H78N2O3/c1-7-9-11-13-15-17-19-21-23-25-27-29-33-40(34-30-28-26-24-22-20-18-16-14-12-10-8-2)37(41)31-35-39(5)43-36-32-38(3,4)42-6/h7-36H2,1-6H3. The summed E-state index contributed by atoms with van der Waals surface area (Å²) >= 11 is 0. The van der Waals surface area contributed by atoms with E-state index in [-0.39, 0.29) is 5.60 Å². The number of nitrogens with zero attached hydrogens (tertiary/aromatic N) is 2. The molecule has 0 saturated carbocycles. The lowest BCUT2D eigenvalue weighted by atomic mass is 10.0. The first-order valence-corrected chi connectivity index (χ1v) is 19.0. The number of carbonyl (C=O) groups excluding carboxylic acids is 1. The molecule has 0 atom stereocenters. The van der Waals surface area contributed by atoms with Crippen molar-refractivity contribution in [2.75, 3.05) is 40.4 Å². The van der Waals surface area contributed by atoms with E-state index in [0.29, 0.717) is 25.5 Å². The molecule has 0 aromatic carbocycles. The van der Waals surface area contributed by atoms with Crippen molar-refractivity contribution in [1.29, 1.82) is 0 Å². The summed E-state index contributed by atoms with van der Waals surface area (Å²) in [6, 6.07) is 0. The zero-order valence-corrected chi connectivity index (χ0v) is 30.3. The van der Waals surface area contributed by atoms with Crippen LogP contribution in [0.15, 0.2) is 0 Å². The lowest BCUT2D eigenvalue weighted by molar-refractivity contribution is -0.158. The Kier molecular flexibility index (Phi) is 30.9. The van der Waals surface area contributed by atoms with Crippen LogP contribution in [0.3, 0.4) is 0 Å². The van der Waals surface area contributed by atoms with Gasteiger partial charge in [0.1, 0.15) is 0 Å². The molecule has 1 amide bonds. The first-order valence-electron chi connectivity index (χ1n) is 19.0. The first-order chi connectivity index (χ1) is 20.9. The number of hydrogen-bond acceptors (Lipinski definition) is 4. The summed E-state index contributed by atoms with van der Waals surface area (Å²) < 4.78 is 5.48. The van der Waals surface area contributed by atoms with Gasteiger partial charge in [-0.05, 0) is 26.7 Å². The van der Waals surface area contributed by atoms with Crippen molar-refractivity contribution in [2.24, 2.45) is 0 Å². The molecule has 0 bridgehead atoms. The normalized spacial score (nSPS) is 12.0. The smallest absolute Gasteiger partial charge is 0.223 e. The fraction of sp³-hybridized carbons (Fsp3) is 0.974. The molecule has 0 rings (SSSR count). The first kappa shape index (κ1) is 42.3. The number of hydroxylamine groups is 2. The molecule has 0 spiro atoms. The Morgan fingerprint density at radius 2 is 0.907 bits per heavy atom. The van der Waals surface area contributed by atoms with Crippen molar-refractivity contribution >= 4 is 5.91 Å². The number of hydrogen-bond donors (Lipinski definition) is 0. The Bertz CT molecular complexity index is 556. The van der Waals surface area contributed by atoms with E-state index in [4.69, 9.17) is 9.57 Å². The Morgan fingerprint density at radius 1 is 0.558 bits per heavy atom. The van der Waals surface area contributed by atoms with Crippen LogP contribution in [-0.2, 0) is 14.4 Å². The second-order valence-electron chi connectivity index (χ2n) is 13.8. The maximum Gasteiger partial charge on any atom is 0.223 e. The molecule has 0 unspecified atom stereocenters. The minimum Gasteiger partial charge on any atom is -0.379 e. The summed E-state index contributed by atoms with van der Waals surface area (Å²) in [4.78, 5) is 21.2. The molecule has 0 aromatic rings. The van der Waals surface area contributed by atoms with Crippen LogP contribution in [0.2, 0.25) is 0 Å². The molecule has 258 valence electrons. The molecule has 0 aliphatic carbocycles. The highest BCUT2D eigenvalue weighted by Gasteiger charge is 2.17. The van der Waals surface area contributed by atoms with Crippen LogP contribution in [0.4, 0.5) is 0 Å². The predicted octanol–water partition coefficient (Wildman–Crippen LogP) is 11.3. The van der Waals surface area contributed by atoms with Gasteiger partial charge in [-0.2, -0.15) is 5.06 Å². The van der Waals surface area contributed by atoms with Gasteiger partial charge in [0.2, 0.25) is 5.91 Å². The molecule has 0 aliphatic rings. The third-order valence-electron chi connectivity index (χ3n) is 9.12. The summed E-state index contributed by atoms with van der Waals surface area (Å²) in [5.74, 6) is 0.291. The van der Waals surface area contributed by atoms with Gasteiger partial charge in [0.25, 0.3) is 0 Å². The largest absolute Gasteiger partial charge is 0.379 e. The highest BCUT2D eigenvalue weighted by atomic mass is 16.7. The van der Waals surface area contributed by atoms with Gasteiger partial charge in [-0.3, -0.25) is 9.63 Å². The zero-order valence-electron chi connectivity index (χ0n) is 30.3. The van der Waals surface area contributed by atoms with E-state index in [1.807, 2.05) is 12.1 Å². The highest BCUT2D eigenvalue weighted by molar-refractivity contribution is 5.76. The van der Waals surface area contributed by atoms with Gasteiger partial charge in [-0.1, -0.05) is 155 Å². The average Bonchev–Trinajstić information content (AvgIpc) is 2.99. The second kappa shape index (κ2) is 31.3. The van der Waals surface area contributed by atoms with Crippen LogP contribution < -0.4 is 0 Å². The number of ether oxygens (including phenoxy) is 1. The summed E-state index contributed by atoms with van der Waals surface area (Å²) in [5.41, 5.74) is -0.185. The molecule has 0 N–H and O–H groups in total. The van der Waals surface area contributed by atoms with Crippen LogP contribution in [0.5, 0.6) is 0 Å². The van der Waals surface area contributed by atoms with E-state index in [0.717, 1.165) is 32.4 Å². The van der Waals surface area contributed by atoms with E-state index in [2.05, 4.69) is 32.6 Å². The van der Waals surface area contributed by atoms with E-state index in [1.165, 1.54) is 141 Å². The van der Waals surface area contributed by atoms with E-state index >= 15 is 0 Å². The van der Waals surface area contributed by atoms with Crippen molar-refractivity contribution in [2.45, 2.75) is 200 Å². The Balaban J connectivity index is 4.25. The molecule has 5 nitrogen and oxygen atoms in total. The highest BCUT2D eigenvalue weighted by Crippen LogP contribution is 2.15. The summed E-state index contributed by atoms with van der Waals surface area (Å²) in [5, 5.41) is 1.83. The Morgan fingerprint density at radius 3 is 1.26 bits per heavy atom. The van der Waals surface area contributed by atoms with Gasteiger partial charge in [-0.25, -0.2) is 0 Å². The van der Waals surface area contributed by atoms with Gasteiger partial charge in [0.05, 0.1) is 12.2 Å². The van der Waals surface area contributed by atoms with E-state index in [1.54, 1.807) is 7.11 Å². The minimum absolute atomic E-state index is 0.185. The van der Waals surface area contributed by atoms with Gasteiger partial charge in [-0.15, -0.1) is 0 Å².